The summed E-state index contributed by atoms with van der Waals surface area (Å²) in [5.74, 6) is 0. The Morgan fingerprint density at radius 1 is 0.298 bits per heavy atom. The molecule has 9 aromatic carbocycles. The fourth-order valence-electron chi connectivity index (χ4n) is 7.83. The van der Waals surface area contributed by atoms with Crippen molar-refractivity contribution in [2.75, 3.05) is 0 Å². The summed E-state index contributed by atoms with van der Waals surface area (Å²) in [6.45, 7) is 0. The smallest absolute Gasteiger partial charge is 0.136 e. The van der Waals surface area contributed by atoms with Gasteiger partial charge in [-0.05, 0) is 94.7 Å². The van der Waals surface area contributed by atoms with Gasteiger partial charge in [0.1, 0.15) is 11.2 Å². The molecule has 10 aromatic rings. The minimum Gasteiger partial charge on any atom is -0.456 e. The molecule has 1 heterocycles. The predicted molar refractivity (Wildman–Crippen MR) is 200 cm³/mol. The highest BCUT2D eigenvalue weighted by Gasteiger charge is 2.20. The lowest BCUT2D eigenvalue weighted by Gasteiger charge is -2.19. The van der Waals surface area contributed by atoms with Gasteiger partial charge in [0, 0.05) is 10.8 Å². The summed E-state index contributed by atoms with van der Waals surface area (Å²) in [6.07, 6.45) is 0. The van der Waals surface area contributed by atoms with E-state index in [0.29, 0.717) is 0 Å². The van der Waals surface area contributed by atoms with Crippen LogP contribution in [0.3, 0.4) is 0 Å². The summed E-state index contributed by atoms with van der Waals surface area (Å²) in [7, 11) is 0. The van der Waals surface area contributed by atoms with E-state index in [0.717, 1.165) is 27.5 Å². The maximum absolute atomic E-state index is 6.58. The Bertz CT molecular complexity index is 2780. The molecule has 1 aromatic heterocycles. The van der Waals surface area contributed by atoms with Gasteiger partial charge in [-0.3, -0.25) is 0 Å². The second-order valence-electron chi connectivity index (χ2n) is 12.4. The molecule has 0 amide bonds. The summed E-state index contributed by atoms with van der Waals surface area (Å²) < 4.78 is 6.58. The molecule has 0 saturated heterocycles. The molecule has 0 aliphatic heterocycles. The van der Waals surface area contributed by atoms with Crippen molar-refractivity contribution in [1.29, 1.82) is 0 Å². The SMILES string of the molecule is c1ccc(-c2cccc3oc4cc(-c5c6ccccc6c(-c6cccc7c6ccc6ccccc67)c6ccccc56)ccc4c23)cc1. The Hall–Kier alpha value is -6.18. The lowest BCUT2D eigenvalue weighted by atomic mass is 9.84. The molecule has 1 nitrogen and oxygen atoms in total. The molecule has 47 heavy (non-hydrogen) atoms. The van der Waals surface area contributed by atoms with E-state index in [9.17, 15) is 0 Å². The maximum Gasteiger partial charge on any atom is 0.136 e. The van der Waals surface area contributed by atoms with Crippen molar-refractivity contribution < 1.29 is 4.42 Å². The third kappa shape index (κ3) is 3.90. The molecule has 0 atom stereocenters. The average molecular weight is 597 g/mol. The second-order valence-corrected chi connectivity index (χ2v) is 12.4. The van der Waals surface area contributed by atoms with Crippen LogP contribution in [0.2, 0.25) is 0 Å². The topological polar surface area (TPSA) is 13.1 Å². The van der Waals surface area contributed by atoms with E-state index in [1.807, 2.05) is 0 Å². The molecule has 0 unspecified atom stereocenters. The van der Waals surface area contributed by atoms with E-state index < -0.39 is 0 Å². The van der Waals surface area contributed by atoms with Gasteiger partial charge in [-0.1, -0.05) is 152 Å². The van der Waals surface area contributed by atoms with Crippen LogP contribution in [0.1, 0.15) is 0 Å². The van der Waals surface area contributed by atoms with Gasteiger partial charge in [-0.15, -0.1) is 0 Å². The molecule has 0 N–H and O–H groups in total. The highest BCUT2D eigenvalue weighted by Crippen LogP contribution is 2.47. The van der Waals surface area contributed by atoms with Crippen LogP contribution in [0.25, 0.3) is 98.4 Å². The van der Waals surface area contributed by atoms with Crippen molar-refractivity contribution in [3.05, 3.63) is 170 Å². The van der Waals surface area contributed by atoms with Crippen LogP contribution in [0, 0.1) is 0 Å². The first-order valence-corrected chi connectivity index (χ1v) is 16.2. The molecule has 0 spiro atoms. The third-order valence-electron chi connectivity index (χ3n) is 9.86. The van der Waals surface area contributed by atoms with Gasteiger partial charge in [0.05, 0.1) is 0 Å². The lowest BCUT2D eigenvalue weighted by Crippen LogP contribution is -1.91. The molecule has 0 fully saturated rings. The van der Waals surface area contributed by atoms with E-state index in [1.54, 1.807) is 0 Å². The van der Waals surface area contributed by atoms with Gasteiger partial charge >= 0.3 is 0 Å². The van der Waals surface area contributed by atoms with Crippen LogP contribution in [0.4, 0.5) is 0 Å². The number of hydrogen-bond acceptors (Lipinski definition) is 1. The summed E-state index contributed by atoms with van der Waals surface area (Å²) in [5.41, 5.74) is 9.12. The minimum absolute atomic E-state index is 0.902. The highest BCUT2D eigenvalue weighted by molar-refractivity contribution is 6.25. The van der Waals surface area contributed by atoms with Crippen molar-refractivity contribution in [3.8, 4) is 33.4 Å². The molecule has 10 rings (SSSR count). The van der Waals surface area contributed by atoms with Crippen LogP contribution in [-0.4, -0.2) is 0 Å². The standard InChI is InChI=1S/C46H28O/c1-2-12-29(13-3-1)33-20-11-23-42-46(33)41-27-25-31(28-43(41)47-42)44-37-16-6-8-18-39(37)45(40-19-9-7-17-38(40)44)36-22-10-21-34-32-15-5-4-14-30(32)24-26-35(34)36/h1-28H. The highest BCUT2D eigenvalue weighted by atomic mass is 16.3. The number of furan rings is 1. The van der Waals surface area contributed by atoms with Crippen LogP contribution in [-0.2, 0) is 0 Å². The molecule has 0 aliphatic rings. The molecule has 0 saturated carbocycles. The Morgan fingerprint density at radius 3 is 1.66 bits per heavy atom. The molecule has 0 radical (unpaired) electrons. The molecule has 1 heteroatoms. The average Bonchev–Trinajstić information content (AvgIpc) is 3.52. The zero-order valence-corrected chi connectivity index (χ0v) is 25.6. The van der Waals surface area contributed by atoms with Crippen molar-refractivity contribution in [1.82, 2.24) is 0 Å². The molecule has 0 aliphatic carbocycles. The minimum atomic E-state index is 0.902. The van der Waals surface area contributed by atoms with Crippen molar-refractivity contribution in [2.45, 2.75) is 0 Å². The summed E-state index contributed by atoms with van der Waals surface area (Å²) in [5, 5.41) is 12.4. The van der Waals surface area contributed by atoms with E-state index in [4.69, 9.17) is 4.42 Å². The van der Waals surface area contributed by atoms with Crippen molar-refractivity contribution in [2.24, 2.45) is 0 Å². The van der Waals surface area contributed by atoms with Gasteiger partial charge in [-0.25, -0.2) is 0 Å². The molecular weight excluding hydrogens is 569 g/mol. The fourth-order valence-corrected chi connectivity index (χ4v) is 7.83. The third-order valence-corrected chi connectivity index (χ3v) is 9.86. The number of hydrogen-bond donors (Lipinski definition) is 0. The number of rotatable bonds is 3. The second kappa shape index (κ2) is 10.2. The Morgan fingerprint density at radius 2 is 0.894 bits per heavy atom. The zero-order valence-electron chi connectivity index (χ0n) is 25.6. The van der Waals surface area contributed by atoms with Gasteiger partial charge in [0.2, 0.25) is 0 Å². The van der Waals surface area contributed by atoms with Gasteiger partial charge in [-0.2, -0.15) is 0 Å². The van der Waals surface area contributed by atoms with Crippen molar-refractivity contribution >= 4 is 65.0 Å². The van der Waals surface area contributed by atoms with Crippen molar-refractivity contribution in [3.63, 3.8) is 0 Å². The first kappa shape index (κ1) is 26.1. The van der Waals surface area contributed by atoms with Crippen LogP contribution >= 0.6 is 0 Å². The van der Waals surface area contributed by atoms with Gasteiger partial charge < -0.3 is 4.42 Å². The number of benzene rings is 9. The van der Waals surface area contributed by atoms with Crippen LogP contribution in [0.15, 0.2) is 174 Å². The quantitative estimate of drug-likeness (QED) is 0.146. The molecule has 218 valence electrons. The van der Waals surface area contributed by atoms with E-state index in [2.05, 4.69) is 170 Å². The maximum atomic E-state index is 6.58. The Balaban J connectivity index is 1.26. The van der Waals surface area contributed by atoms with E-state index >= 15 is 0 Å². The predicted octanol–water partition coefficient (Wildman–Crippen LogP) is 13.2. The first-order chi connectivity index (χ1) is 23.3. The fraction of sp³-hybridized carbons (Fsp3) is 0. The van der Waals surface area contributed by atoms with E-state index in [-0.39, 0.29) is 0 Å². The molecule has 0 bridgehead atoms. The Labute approximate surface area is 271 Å². The monoisotopic (exact) mass is 596 g/mol. The van der Waals surface area contributed by atoms with Crippen LogP contribution < -0.4 is 0 Å². The summed E-state index contributed by atoms with van der Waals surface area (Å²) >= 11 is 0. The lowest BCUT2D eigenvalue weighted by molar-refractivity contribution is 0.669. The number of fused-ring (bicyclic) bond motifs is 8. The van der Waals surface area contributed by atoms with Gasteiger partial charge in [0.25, 0.3) is 0 Å². The van der Waals surface area contributed by atoms with E-state index in [1.165, 1.54) is 70.9 Å². The van der Waals surface area contributed by atoms with Gasteiger partial charge in [0.15, 0.2) is 0 Å². The largest absolute Gasteiger partial charge is 0.456 e. The summed E-state index contributed by atoms with van der Waals surface area (Å²) in [6, 6.07) is 61.4. The first-order valence-electron chi connectivity index (χ1n) is 16.2. The summed E-state index contributed by atoms with van der Waals surface area (Å²) in [4.78, 5) is 0. The van der Waals surface area contributed by atoms with Crippen LogP contribution in [0.5, 0.6) is 0 Å². The Kier molecular flexibility index (Phi) is 5.64. The zero-order chi connectivity index (χ0) is 30.9. The normalized spacial score (nSPS) is 11.8. The molecular formula is C46H28O.